The predicted octanol–water partition coefficient (Wildman–Crippen LogP) is 2.02. The van der Waals surface area contributed by atoms with E-state index in [-0.39, 0.29) is 12.5 Å². The van der Waals surface area contributed by atoms with E-state index >= 15 is 0 Å². The molecule has 17 heavy (non-hydrogen) atoms. The van der Waals surface area contributed by atoms with Crippen LogP contribution in [0.4, 0.5) is 5.69 Å². The lowest BCUT2D eigenvalue weighted by molar-refractivity contribution is -0.118. The Morgan fingerprint density at radius 1 is 1.29 bits per heavy atom. The zero-order valence-electron chi connectivity index (χ0n) is 10.5. The van der Waals surface area contributed by atoms with Crippen LogP contribution in [0.5, 0.6) is 5.75 Å². The van der Waals surface area contributed by atoms with E-state index < -0.39 is 0 Å². The van der Waals surface area contributed by atoms with Crippen LogP contribution in [0.3, 0.4) is 0 Å². The molecule has 0 heterocycles. The Morgan fingerprint density at radius 3 is 2.59 bits per heavy atom. The quantitative estimate of drug-likeness (QED) is 0.712. The van der Waals surface area contributed by atoms with Crippen molar-refractivity contribution in [2.24, 2.45) is 0 Å². The molecule has 0 saturated carbocycles. The van der Waals surface area contributed by atoms with E-state index in [0.717, 1.165) is 30.9 Å². The number of likely N-dealkylation sites (N-methyl/N-ethyl adjacent to an activating group) is 1. The number of ether oxygens (including phenoxy) is 1. The van der Waals surface area contributed by atoms with Gasteiger partial charge in [0.25, 0.3) is 0 Å². The summed E-state index contributed by atoms with van der Waals surface area (Å²) in [5, 5.41) is 5.58. The van der Waals surface area contributed by atoms with Crippen LogP contribution in [-0.4, -0.2) is 26.1 Å². The molecule has 1 aromatic rings. The molecule has 0 radical (unpaired) electrons. The molecule has 0 atom stereocenters. The van der Waals surface area contributed by atoms with E-state index in [0.29, 0.717) is 0 Å². The lowest BCUT2D eigenvalue weighted by Gasteiger charge is -2.08. The number of carbonyl (C=O) groups is 1. The smallest absolute Gasteiger partial charge is 0.239 e. The minimum atomic E-state index is -0.0340. The van der Waals surface area contributed by atoms with Gasteiger partial charge in [-0.2, -0.15) is 0 Å². The van der Waals surface area contributed by atoms with Crippen LogP contribution in [0.2, 0.25) is 0 Å². The summed E-state index contributed by atoms with van der Waals surface area (Å²) in [6.45, 7) is 3.17. The number of amides is 1. The molecule has 0 aliphatic rings. The second-order valence-electron chi connectivity index (χ2n) is 3.75. The fourth-order valence-electron chi connectivity index (χ4n) is 1.27. The summed E-state index contributed by atoms with van der Waals surface area (Å²) >= 11 is 0. The van der Waals surface area contributed by atoms with Crippen molar-refractivity contribution >= 4 is 11.6 Å². The summed E-state index contributed by atoms with van der Waals surface area (Å²) in [5.41, 5.74) is 0.913. The molecule has 4 heteroatoms. The van der Waals surface area contributed by atoms with Crippen molar-refractivity contribution in [3.63, 3.8) is 0 Å². The van der Waals surface area contributed by atoms with E-state index in [1.54, 1.807) is 7.05 Å². The second kappa shape index (κ2) is 7.54. The molecular formula is C13H20N2O2. The summed E-state index contributed by atoms with van der Waals surface area (Å²) in [6, 6.07) is 7.62. The summed E-state index contributed by atoms with van der Waals surface area (Å²) in [6.07, 6.45) is 2.20. The van der Waals surface area contributed by atoms with Crippen LogP contribution < -0.4 is 15.4 Å². The molecule has 0 saturated heterocycles. The van der Waals surface area contributed by atoms with Crippen LogP contribution in [0.15, 0.2) is 24.3 Å². The third kappa shape index (κ3) is 5.24. The Kier molecular flexibility index (Phi) is 5.93. The molecule has 0 aliphatic heterocycles. The largest absolute Gasteiger partial charge is 0.494 e. The third-order valence-corrected chi connectivity index (χ3v) is 2.35. The van der Waals surface area contributed by atoms with Gasteiger partial charge in [0.1, 0.15) is 5.75 Å². The Morgan fingerprint density at radius 2 is 2.00 bits per heavy atom. The minimum Gasteiger partial charge on any atom is -0.494 e. The first-order valence-electron chi connectivity index (χ1n) is 5.93. The maximum Gasteiger partial charge on any atom is 0.239 e. The number of nitrogens with one attached hydrogen (secondary N) is 2. The van der Waals surface area contributed by atoms with Crippen LogP contribution in [0.25, 0.3) is 0 Å². The standard InChI is InChI=1S/C13H20N2O2/c1-3-4-9-17-12-7-5-11(6-8-12)15-10-13(16)14-2/h5-8,15H,3-4,9-10H2,1-2H3,(H,14,16). The zero-order valence-corrected chi connectivity index (χ0v) is 10.5. The van der Waals surface area contributed by atoms with Gasteiger partial charge in [0.2, 0.25) is 5.91 Å². The number of hydrogen-bond acceptors (Lipinski definition) is 3. The van der Waals surface area contributed by atoms with Gasteiger partial charge < -0.3 is 15.4 Å². The summed E-state index contributed by atoms with van der Waals surface area (Å²) < 4.78 is 5.54. The molecule has 1 rings (SSSR count). The van der Waals surface area contributed by atoms with E-state index in [2.05, 4.69) is 17.6 Å². The Labute approximate surface area is 102 Å². The molecule has 0 bridgehead atoms. The average molecular weight is 236 g/mol. The van der Waals surface area contributed by atoms with E-state index in [1.165, 1.54) is 0 Å². The molecular weight excluding hydrogens is 216 g/mol. The molecule has 94 valence electrons. The Balaban J connectivity index is 2.36. The first kappa shape index (κ1) is 13.4. The summed E-state index contributed by atoms with van der Waals surface area (Å²) in [7, 11) is 1.62. The van der Waals surface area contributed by atoms with Gasteiger partial charge in [-0.05, 0) is 30.7 Å². The van der Waals surface area contributed by atoms with Crippen LogP contribution in [-0.2, 0) is 4.79 Å². The lowest BCUT2D eigenvalue weighted by Crippen LogP contribution is -2.26. The molecule has 0 unspecified atom stereocenters. The van der Waals surface area contributed by atoms with Crippen LogP contribution in [0.1, 0.15) is 19.8 Å². The van der Waals surface area contributed by atoms with Crippen molar-refractivity contribution in [2.75, 3.05) is 25.5 Å². The van der Waals surface area contributed by atoms with Gasteiger partial charge >= 0.3 is 0 Å². The van der Waals surface area contributed by atoms with Crippen LogP contribution >= 0.6 is 0 Å². The van der Waals surface area contributed by atoms with E-state index in [1.807, 2.05) is 24.3 Å². The summed E-state index contributed by atoms with van der Waals surface area (Å²) in [5.74, 6) is 0.831. The highest BCUT2D eigenvalue weighted by Gasteiger charge is 1.98. The number of anilines is 1. The lowest BCUT2D eigenvalue weighted by atomic mass is 10.3. The molecule has 0 spiro atoms. The molecule has 1 amide bonds. The summed E-state index contributed by atoms with van der Waals surface area (Å²) in [4.78, 5) is 11.0. The van der Waals surface area contributed by atoms with Gasteiger partial charge in [-0.15, -0.1) is 0 Å². The van der Waals surface area contributed by atoms with Crippen molar-refractivity contribution in [1.29, 1.82) is 0 Å². The molecule has 2 N–H and O–H groups in total. The monoisotopic (exact) mass is 236 g/mol. The normalized spacial score (nSPS) is 9.76. The van der Waals surface area contributed by atoms with Gasteiger partial charge in [-0.3, -0.25) is 4.79 Å². The highest BCUT2D eigenvalue weighted by Crippen LogP contribution is 2.15. The maximum absolute atomic E-state index is 11.0. The Hall–Kier alpha value is -1.71. The van der Waals surface area contributed by atoms with Crippen molar-refractivity contribution in [3.05, 3.63) is 24.3 Å². The van der Waals surface area contributed by atoms with E-state index in [4.69, 9.17) is 4.74 Å². The van der Waals surface area contributed by atoms with Crippen LogP contribution in [0, 0.1) is 0 Å². The number of unbranched alkanes of at least 4 members (excludes halogenated alkanes) is 1. The maximum atomic E-state index is 11.0. The average Bonchev–Trinajstić information content (AvgIpc) is 2.37. The molecule has 1 aromatic carbocycles. The fraction of sp³-hybridized carbons (Fsp3) is 0.462. The highest BCUT2D eigenvalue weighted by atomic mass is 16.5. The predicted molar refractivity (Wildman–Crippen MR) is 69.4 cm³/mol. The van der Waals surface area contributed by atoms with E-state index in [9.17, 15) is 4.79 Å². The molecule has 0 aromatic heterocycles. The van der Waals surface area contributed by atoms with Crippen molar-refractivity contribution in [2.45, 2.75) is 19.8 Å². The molecule has 0 fully saturated rings. The highest BCUT2D eigenvalue weighted by molar-refractivity contribution is 5.80. The van der Waals surface area contributed by atoms with Gasteiger partial charge in [0.05, 0.1) is 13.2 Å². The van der Waals surface area contributed by atoms with Crippen molar-refractivity contribution in [3.8, 4) is 5.75 Å². The van der Waals surface area contributed by atoms with Gasteiger partial charge in [-0.25, -0.2) is 0 Å². The third-order valence-electron chi connectivity index (χ3n) is 2.35. The number of rotatable bonds is 7. The Bertz CT molecular complexity index is 336. The topological polar surface area (TPSA) is 50.4 Å². The second-order valence-corrected chi connectivity index (χ2v) is 3.75. The number of carbonyl (C=O) groups excluding carboxylic acids is 1. The van der Waals surface area contributed by atoms with Crippen molar-refractivity contribution in [1.82, 2.24) is 5.32 Å². The van der Waals surface area contributed by atoms with Gasteiger partial charge in [0.15, 0.2) is 0 Å². The molecule has 0 aliphatic carbocycles. The van der Waals surface area contributed by atoms with Gasteiger partial charge in [0, 0.05) is 12.7 Å². The van der Waals surface area contributed by atoms with Gasteiger partial charge in [-0.1, -0.05) is 13.3 Å². The SMILES string of the molecule is CCCCOc1ccc(NCC(=O)NC)cc1. The van der Waals surface area contributed by atoms with Crippen molar-refractivity contribution < 1.29 is 9.53 Å². The number of hydrogen-bond donors (Lipinski definition) is 2. The minimum absolute atomic E-state index is 0.0340. The zero-order chi connectivity index (χ0) is 12.5. The number of benzene rings is 1. The fourth-order valence-corrected chi connectivity index (χ4v) is 1.27. The molecule has 4 nitrogen and oxygen atoms in total. The first-order chi connectivity index (χ1) is 8.26. The first-order valence-corrected chi connectivity index (χ1v) is 5.93.